The molecule has 2 aromatic rings. The SMILES string of the molecule is Cc1nc(C(=O)[O-])c(-c2ccccc2)s1. The fourth-order valence-electron chi connectivity index (χ4n) is 1.35. The summed E-state index contributed by atoms with van der Waals surface area (Å²) in [5, 5.41) is 11.6. The molecule has 15 heavy (non-hydrogen) atoms. The molecule has 4 heteroatoms. The number of carboxylic acid groups (broad SMARTS) is 1. The molecule has 1 aromatic heterocycles. The van der Waals surface area contributed by atoms with E-state index in [1.807, 2.05) is 30.3 Å². The van der Waals surface area contributed by atoms with E-state index in [9.17, 15) is 9.90 Å². The van der Waals surface area contributed by atoms with Gasteiger partial charge < -0.3 is 9.90 Å². The Bertz CT molecular complexity index is 491. The van der Waals surface area contributed by atoms with Crippen LogP contribution in [0.3, 0.4) is 0 Å². The molecule has 0 amide bonds. The van der Waals surface area contributed by atoms with Crippen LogP contribution in [0.5, 0.6) is 0 Å². The number of carboxylic acids is 1. The fourth-order valence-corrected chi connectivity index (χ4v) is 2.26. The number of rotatable bonds is 2. The normalized spacial score (nSPS) is 10.2. The van der Waals surface area contributed by atoms with Gasteiger partial charge in [-0.2, -0.15) is 0 Å². The predicted molar refractivity (Wildman–Crippen MR) is 56.6 cm³/mol. The first kappa shape index (κ1) is 9.86. The van der Waals surface area contributed by atoms with Gasteiger partial charge in [-0.15, -0.1) is 11.3 Å². The van der Waals surface area contributed by atoms with Crippen molar-refractivity contribution in [2.75, 3.05) is 0 Å². The molecule has 0 aliphatic carbocycles. The van der Waals surface area contributed by atoms with Gasteiger partial charge in [-0.05, 0) is 12.5 Å². The van der Waals surface area contributed by atoms with Crippen molar-refractivity contribution in [1.29, 1.82) is 0 Å². The molecule has 0 radical (unpaired) electrons. The first-order chi connectivity index (χ1) is 7.18. The molecule has 0 aliphatic rings. The van der Waals surface area contributed by atoms with Gasteiger partial charge >= 0.3 is 0 Å². The maximum atomic E-state index is 10.8. The summed E-state index contributed by atoms with van der Waals surface area (Å²) in [6, 6.07) is 9.34. The number of hydrogen-bond acceptors (Lipinski definition) is 4. The van der Waals surface area contributed by atoms with E-state index in [0.29, 0.717) is 4.88 Å². The largest absolute Gasteiger partial charge is 0.543 e. The summed E-state index contributed by atoms with van der Waals surface area (Å²) in [7, 11) is 0. The lowest BCUT2D eigenvalue weighted by atomic mass is 10.1. The van der Waals surface area contributed by atoms with Gasteiger partial charge in [-0.3, -0.25) is 0 Å². The second-order valence-corrected chi connectivity index (χ2v) is 4.27. The van der Waals surface area contributed by atoms with Gasteiger partial charge in [0.2, 0.25) is 0 Å². The Kier molecular flexibility index (Phi) is 2.51. The minimum atomic E-state index is -1.22. The molecule has 0 fully saturated rings. The number of aromatic carboxylic acids is 1. The van der Waals surface area contributed by atoms with Crippen LogP contribution in [0, 0.1) is 6.92 Å². The summed E-state index contributed by atoms with van der Waals surface area (Å²) >= 11 is 1.36. The van der Waals surface area contributed by atoms with E-state index in [-0.39, 0.29) is 5.69 Å². The molecule has 0 spiro atoms. The van der Waals surface area contributed by atoms with Crippen LogP contribution in [0.25, 0.3) is 10.4 Å². The Balaban J connectivity index is 2.58. The van der Waals surface area contributed by atoms with Gasteiger partial charge in [0.25, 0.3) is 0 Å². The van der Waals surface area contributed by atoms with Crippen molar-refractivity contribution in [3.63, 3.8) is 0 Å². The summed E-state index contributed by atoms with van der Waals surface area (Å²) in [6.45, 7) is 1.78. The summed E-state index contributed by atoms with van der Waals surface area (Å²) in [5.41, 5.74) is 0.894. The summed E-state index contributed by atoms with van der Waals surface area (Å²) in [6.07, 6.45) is 0. The van der Waals surface area contributed by atoms with Gasteiger partial charge in [-0.25, -0.2) is 4.98 Å². The van der Waals surface area contributed by atoms with Gasteiger partial charge in [0.1, 0.15) is 5.69 Å². The Morgan fingerprint density at radius 1 is 1.33 bits per heavy atom. The molecule has 3 nitrogen and oxygen atoms in total. The van der Waals surface area contributed by atoms with E-state index < -0.39 is 5.97 Å². The third-order valence-corrected chi connectivity index (χ3v) is 2.98. The number of carbonyl (C=O) groups is 1. The van der Waals surface area contributed by atoms with Crippen molar-refractivity contribution in [2.24, 2.45) is 0 Å². The zero-order valence-corrected chi connectivity index (χ0v) is 8.88. The van der Waals surface area contributed by atoms with E-state index in [2.05, 4.69) is 4.98 Å². The summed E-state index contributed by atoms with van der Waals surface area (Å²) in [5.74, 6) is -1.22. The van der Waals surface area contributed by atoms with Crippen molar-refractivity contribution >= 4 is 17.3 Å². The van der Waals surface area contributed by atoms with Gasteiger partial charge in [0, 0.05) is 0 Å². The monoisotopic (exact) mass is 218 g/mol. The smallest absolute Gasteiger partial charge is 0.105 e. The Hall–Kier alpha value is -1.68. The van der Waals surface area contributed by atoms with Crippen LogP contribution in [0.1, 0.15) is 15.5 Å². The van der Waals surface area contributed by atoms with Crippen LogP contribution >= 0.6 is 11.3 Å². The molecule has 1 aromatic carbocycles. The standard InChI is InChI=1S/C11H9NO2S/c1-7-12-9(11(13)14)10(15-7)8-5-3-2-4-6-8/h2-6H,1H3,(H,13,14)/p-1. The van der Waals surface area contributed by atoms with Crippen LogP contribution < -0.4 is 5.11 Å². The molecule has 0 unspecified atom stereocenters. The highest BCUT2D eigenvalue weighted by atomic mass is 32.1. The fraction of sp³-hybridized carbons (Fsp3) is 0.0909. The van der Waals surface area contributed by atoms with Crippen LogP contribution in [-0.2, 0) is 0 Å². The summed E-state index contributed by atoms with van der Waals surface area (Å²) < 4.78 is 0. The molecular formula is C11H8NO2S-. The lowest BCUT2D eigenvalue weighted by Crippen LogP contribution is -2.23. The highest BCUT2D eigenvalue weighted by Gasteiger charge is 2.11. The van der Waals surface area contributed by atoms with Crippen molar-refractivity contribution in [1.82, 2.24) is 4.98 Å². The second kappa shape index (κ2) is 3.82. The second-order valence-electron chi connectivity index (χ2n) is 3.06. The van der Waals surface area contributed by atoms with Crippen molar-refractivity contribution in [3.8, 4) is 10.4 Å². The topological polar surface area (TPSA) is 53.0 Å². The number of carbonyl (C=O) groups excluding carboxylic acids is 1. The molecule has 1 heterocycles. The maximum absolute atomic E-state index is 10.8. The molecule has 2 rings (SSSR count). The minimum Gasteiger partial charge on any atom is -0.543 e. The average molecular weight is 218 g/mol. The number of nitrogens with zero attached hydrogens (tertiary/aromatic N) is 1. The van der Waals surface area contributed by atoms with Crippen LogP contribution in [0.2, 0.25) is 0 Å². The van der Waals surface area contributed by atoms with Crippen LogP contribution in [0.4, 0.5) is 0 Å². The van der Waals surface area contributed by atoms with Gasteiger partial charge in [0.15, 0.2) is 0 Å². The number of benzene rings is 1. The van der Waals surface area contributed by atoms with E-state index >= 15 is 0 Å². The van der Waals surface area contributed by atoms with Gasteiger partial charge in [-0.1, -0.05) is 30.3 Å². The van der Waals surface area contributed by atoms with E-state index in [1.54, 1.807) is 6.92 Å². The summed E-state index contributed by atoms with van der Waals surface area (Å²) in [4.78, 5) is 15.4. The molecule has 0 atom stereocenters. The molecular weight excluding hydrogens is 210 g/mol. The molecule has 0 aliphatic heterocycles. The quantitative estimate of drug-likeness (QED) is 0.767. The molecule has 0 saturated heterocycles. The highest BCUT2D eigenvalue weighted by molar-refractivity contribution is 7.15. The number of hydrogen-bond donors (Lipinski definition) is 0. The minimum absolute atomic E-state index is 0.0312. The first-order valence-electron chi connectivity index (χ1n) is 4.42. The Morgan fingerprint density at radius 3 is 2.60 bits per heavy atom. The van der Waals surface area contributed by atoms with Crippen LogP contribution in [-0.4, -0.2) is 11.0 Å². The van der Waals surface area contributed by atoms with Crippen molar-refractivity contribution in [2.45, 2.75) is 6.92 Å². The van der Waals surface area contributed by atoms with Crippen LogP contribution in [0.15, 0.2) is 30.3 Å². The van der Waals surface area contributed by atoms with E-state index in [1.165, 1.54) is 11.3 Å². The predicted octanol–water partition coefficient (Wildman–Crippen LogP) is 1.48. The highest BCUT2D eigenvalue weighted by Crippen LogP contribution is 2.29. The third kappa shape index (κ3) is 1.89. The number of aryl methyl sites for hydroxylation is 1. The zero-order valence-electron chi connectivity index (χ0n) is 8.06. The van der Waals surface area contributed by atoms with Gasteiger partial charge in [0.05, 0.1) is 15.9 Å². The molecule has 0 bridgehead atoms. The lowest BCUT2D eigenvalue weighted by molar-refractivity contribution is -0.255. The first-order valence-corrected chi connectivity index (χ1v) is 5.24. The Labute approximate surface area is 91.0 Å². The zero-order chi connectivity index (χ0) is 10.8. The van der Waals surface area contributed by atoms with E-state index in [0.717, 1.165) is 10.6 Å². The third-order valence-electron chi connectivity index (χ3n) is 1.96. The van der Waals surface area contributed by atoms with E-state index in [4.69, 9.17) is 0 Å². The van der Waals surface area contributed by atoms with Crippen molar-refractivity contribution < 1.29 is 9.90 Å². The number of thiazole rings is 1. The maximum Gasteiger partial charge on any atom is 0.105 e. The lowest BCUT2D eigenvalue weighted by Gasteiger charge is -2.01. The molecule has 0 saturated carbocycles. The van der Waals surface area contributed by atoms with Crippen molar-refractivity contribution in [3.05, 3.63) is 41.0 Å². The molecule has 76 valence electrons. The molecule has 0 N–H and O–H groups in total. The average Bonchev–Trinajstić information content (AvgIpc) is 2.62. The number of aromatic nitrogens is 1. The Morgan fingerprint density at radius 2 is 2.00 bits per heavy atom.